The van der Waals surface area contributed by atoms with E-state index in [-0.39, 0.29) is 0 Å². The third-order valence-corrected chi connectivity index (χ3v) is 4.43. The lowest BCUT2D eigenvalue weighted by molar-refractivity contribution is 0.407. The predicted octanol–water partition coefficient (Wildman–Crippen LogP) is 2.67. The summed E-state index contributed by atoms with van der Waals surface area (Å²) in [5.74, 6) is 0. The van der Waals surface area contributed by atoms with Gasteiger partial charge in [-0.25, -0.2) is 4.67 Å². The minimum absolute atomic E-state index is 0.646. The summed E-state index contributed by atoms with van der Waals surface area (Å²) in [6.45, 7) is 7.93. The van der Waals surface area contributed by atoms with E-state index >= 15 is 0 Å². The first-order chi connectivity index (χ1) is 6.08. The van der Waals surface area contributed by atoms with Gasteiger partial charge in [0.25, 0.3) is 0 Å². The molecule has 3 nitrogen and oxygen atoms in total. The Hall–Kier alpha value is 0.150. The largest absolute Gasteiger partial charge is 0.289 e. The normalized spacial score (nSPS) is 16.1. The minimum Gasteiger partial charge on any atom is -0.289 e. The van der Waals surface area contributed by atoms with Crippen molar-refractivity contribution in [3.05, 3.63) is 0 Å². The molecule has 0 aliphatic rings. The molecule has 0 aromatic heterocycles. The molecule has 0 saturated heterocycles. The molecule has 0 saturated carbocycles. The zero-order valence-corrected chi connectivity index (χ0v) is 10.0. The fourth-order valence-electron chi connectivity index (χ4n) is 1.43. The standard InChI is InChI=1S/C9H23N2OP/c1-4-7-11(8-5-2)13(10,12)9-6-3/h4-9H2,1-3H3,(H2,10,12). The fourth-order valence-corrected chi connectivity index (χ4v) is 3.43. The summed E-state index contributed by atoms with van der Waals surface area (Å²) in [6, 6.07) is 0. The van der Waals surface area contributed by atoms with Gasteiger partial charge in [0.1, 0.15) is 0 Å². The second-order valence-electron chi connectivity index (χ2n) is 3.43. The summed E-state index contributed by atoms with van der Waals surface area (Å²) < 4.78 is 14.0. The van der Waals surface area contributed by atoms with Crippen LogP contribution in [-0.2, 0) is 4.57 Å². The van der Waals surface area contributed by atoms with Gasteiger partial charge in [0.15, 0.2) is 0 Å². The predicted molar refractivity (Wildman–Crippen MR) is 59.1 cm³/mol. The van der Waals surface area contributed by atoms with E-state index in [1.807, 2.05) is 11.6 Å². The Morgan fingerprint density at radius 1 is 1.08 bits per heavy atom. The molecule has 0 fully saturated rings. The maximum atomic E-state index is 12.0. The average Bonchev–Trinajstić information content (AvgIpc) is 2.04. The van der Waals surface area contributed by atoms with Crippen LogP contribution in [0.15, 0.2) is 0 Å². The Balaban J connectivity index is 4.23. The van der Waals surface area contributed by atoms with Crippen LogP contribution < -0.4 is 5.50 Å². The van der Waals surface area contributed by atoms with Gasteiger partial charge in [-0.15, -0.1) is 0 Å². The summed E-state index contributed by atoms with van der Waals surface area (Å²) in [7, 11) is -2.50. The van der Waals surface area contributed by atoms with E-state index in [0.29, 0.717) is 6.16 Å². The fraction of sp³-hybridized carbons (Fsp3) is 1.00. The monoisotopic (exact) mass is 206 g/mol. The lowest BCUT2D eigenvalue weighted by Crippen LogP contribution is -2.27. The first-order valence-corrected chi connectivity index (χ1v) is 7.12. The molecule has 4 heteroatoms. The molecular formula is C9H23N2OP. The van der Waals surface area contributed by atoms with Crippen LogP contribution in [0.2, 0.25) is 0 Å². The van der Waals surface area contributed by atoms with Gasteiger partial charge in [0.05, 0.1) is 0 Å². The van der Waals surface area contributed by atoms with Crippen molar-refractivity contribution < 1.29 is 4.57 Å². The molecular weight excluding hydrogens is 183 g/mol. The summed E-state index contributed by atoms with van der Waals surface area (Å²) in [5, 5.41) is 0. The SMILES string of the molecule is CCCN(CCC)P(N)(=O)CCC. The third-order valence-electron chi connectivity index (χ3n) is 1.99. The van der Waals surface area contributed by atoms with Crippen molar-refractivity contribution >= 4 is 7.44 Å². The third kappa shape index (κ3) is 4.80. The lowest BCUT2D eigenvalue weighted by atomic mass is 10.4. The van der Waals surface area contributed by atoms with Crippen molar-refractivity contribution in [3.8, 4) is 0 Å². The molecule has 13 heavy (non-hydrogen) atoms. The maximum absolute atomic E-state index is 12.0. The quantitative estimate of drug-likeness (QED) is 0.651. The smallest absolute Gasteiger partial charge is 0.211 e. The van der Waals surface area contributed by atoms with Gasteiger partial charge in [-0.2, -0.15) is 0 Å². The Kier molecular flexibility index (Phi) is 6.66. The molecule has 1 atom stereocenters. The Labute approximate surface area is 82.2 Å². The summed E-state index contributed by atoms with van der Waals surface area (Å²) in [5.41, 5.74) is 5.83. The van der Waals surface area contributed by atoms with Gasteiger partial charge in [0, 0.05) is 19.3 Å². The Morgan fingerprint density at radius 2 is 1.54 bits per heavy atom. The van der Waals surface area contributed by atoms with E-state index < -0.39 is 7.44 Å². The molecule has 1 unspecified atom stereocenters. The number of rotatable bonds is 7. The number of hydrogen-bond donors (Lipinski definition) is 1. The molecule has 0 radical (unpaired) electrons. The van der Waals surface area contributed by atoms with Crippen LogP contribution in [-0.4, -0.2) is 23.9 Å². The minimum atomic E-state index is -2.50. The van der Waals surface area contributed by atoms with E-state index in [0.717, 1.165) is 32.4 Å². The first kappa shape index (κ1) is 13.2. The summed E-state index contributed by atoms with van der Waals surface area (Å²) >= 11 is 0. The van der Waals surface area contributed by atoms with E-state index in [1.165, 1.54) is 0 Å². The molecule has 0 amide bonds. The van der Waals surface area contributed by atoms with Crippen molar-refractivity contribution in [2.24, 2.45) is 5.50 Å². The van der Waals surface area contributed by atoms with Gasteiger partial charge in [-0.05, 0) is 19.3 Å². The molecule has 0 aromatic rings. The van der Waals surface area contributed by atoms with Gasteiger partial charge in [0.2, 0.25) is 7.44 Å². The van der Waals surface area contributed by atoms with E-state index in [1.54, 1.807) is 0 Å². The Morgan fingerprint density at radius 3 is 1.85 bits per heavy atom. The zero-order chi connectivity index (χ0) is 10.3. The molecule has 80 valence electrons. The maximum Gasteiger partial charge on any atom is 0.211 e. The second-order valence-corrected chi connectivity index (χ2v) is 5.96. The van der Waals surface area contributed by atoms with Crippen LogP contribution >= 0.6 is 7.44 Å². The highest BCUT2D eigenvalue weighted by Gasteiger charge is 2.22. The number of hydrogen-bond acceptors (Lipinski definition) is 1. The van der Waals surface area contributed by atoms with Gasteiger partial charge >= 0.3 is 0 Å². The number of nitrogens with zero attached hydrogens (tertiary/aromatic N) is 1. The molecule has 0 aliphatic heterocycles. The van der Waals surface area contributed by atoms with E-state index in [4.69, 9.17) is 5.50 Å². The van der Waals surface area contributed by atoms with Gasteiger partial charge in [-0.3, -0.25) is 10.1 Å². The molecule has 0 rings (SSSR count). The molecule has 0 aromatic carbocycles. The van der Waals surface area contributed by atoms with Crippen LogP contribution in [0.5, 0.6) is 0 Å². The van der Waals surface area contributed by atoms with Crippen LogP contribution in [0.25, 0.3) is 0 Å². The highest BCUT2D eigenvalue weighted by molar-refractivity contribution is 7.59. The summed E-state index contributed by atoms with van der Waals surface area (Å²) in [6.07, 6.45) is 3.58. The zero-order valence-electron chi connectivity index (χ0n) is 9.12. The lowest BCUT2D eigenvalue weighted by Gasteiger charge is -2.27. The average molecular weight is 206 g/mol. The molecule has 2 N–H and O–H groups in total. The van der Waals surface area contributed by atoms with Crippen LogP contribution in [0, 0.1) is 0 Å². The molecule has 0 bridgehead atoms. The highest BCUT2D eigenvalue weighted by atomic mass is 31.2. The molecule has 0 spiro atoms. The van der Waals surface area contributed by atoms with E-state index in [9.17, 15) is 4.57 Å². The van der Waals surface area contributed by atoms with E-state index in [2.05, 4.69) is 13.8 Å². The van der Waals surface area contributed by atoms with Crippen LogP contribution in [0.3, 0.4) is 0 Å². The van der Waals surface area contributed by atoms with Crippen molar-refractivity contribution in [1.82, 2.24) is 4.67 Å². The topological polar surface area (TPSA) is 46.3 Å². The van der Waals surface area contributed by atoms with Gasteiger partial charge in [-0.1, -0.05) is 20.8 Å². The molecule has 0 aliphatic carbocycles. The van der Waals surface area contributed by atoms with Crippen molar-refractivity contribution in [2.75, 3.05) is 19.3 Å². The molecule has 0 heterocycles. The first-order valence-electron chi connectivity index (χ1n) is 5.21. The van der Waals surface area contributed by atoms with Crippen molar-refractivity contribution in [1.29, 1.82) is 0 Å². The summed E-state index contributed by atoms with van der Waals surface area (Å²) in [4.78, 5) is 0. The van der Waals surface area contributed by atoms with Crippen LogP contribution in [0.4, 0.5) is 0 Å². The van der Waals surface area contributed by atoms with Crippen LogP contribution in [0.1, 0.15) is 40.0 Å². The second kappa shape index (κ2) is 6.58. The number of nitrogens with two attached hydrogens (primary N) is 1. The van der Waals surface area contributed by atoms with Crippen molar-refractivity contribution in [2.45, 2.75) is 40.0 Å². The highest BCUT2D eigenvalue weighted by Crippen LogP contribution is 2.41. The van der Waals surface area contributed by atoms with Crippen molar-refractivity contribution in [3.63, 3.8) is 0 Å². The van der Waals surface area contributed by atoms with Gasteiger partial charge < -0.3 is 0 Å². The Bertz CT molecular complexity index is 167.